The van der Waals surface area contributed by atoms with E-state index in [0.29, 0.717) is 37.0 Å². The molecule has 2 atom stereocenters. The Balaban J connectivity index is 1.28. The standard InChI is InChI=1S/C28H34F2N4O3/c1-19(2)34-13-9-22-24(34)31-18-33(26(22)36)17-27(37)11-14-32(15-12-27)25(35)21-8-10-28(29,30)16-23(21)20-6-4-3-5-7-20/h3-7,9,13,18-19,21,23,37H,8,10-12,14-17H2,1-2H3. The fourth-order valence-corrected chi connectivity index (χ4v) is 5.94. The Labute approximate surface area is 214 Å². The van der Waals surface area contributed by atoms with Crippen LogP contribution in [0.15, 0.2) is 53.7 Å². The zero-order valence-corrected chi connectivity index (χ0v) is 21.3. The molecule has 2 fully saturated rings. The minimum absolute atomic E-state index is 0.0892. The summed E-state index contributed by atoms with van der Waals surface area (Å²) >= 11 is 0. The first-order chi connectivity index (χ1) is 17.6. The van der Waals surface area contributed by atoms with E-state index in [9.17, 15) is 23.5 Å². The molecule has 198 valence electrons. The Morgan fingerprint density at radius 3 is 2.51 bits per heavy atom. The monoisotopic (exact) mass is 512 g/mol. The van der Waals surface area contributed by atoms with Gasteiger partial charge in [0.05, 0.1) is 17.5 Å². The van der Waals surface area contributed by atoms with Crippen molar-refractivity contribution >= 4 is 16.9 Å². The van der Waals surface area contributed by atoms with Crippen LogP contribution in [0.3, 0.4) is 0 Å². The summed E-state index contributed by atoms with van der Waals surface area (Å²) in [6.07, 6.45) is 3.44. The summed E-state index contributed by atoms with van der Waals surface area (Å²) in [4.78, 5) is 32.7. The molecule has 3 aromatic rings. The van der Waals surface area contributed by atoms with Crippen LogP contribution >= 0.6 is 0 Å². The molecule has 0 radical (unpaired) electrons. The number of hydrogen-bond donors (Lipinski definition) is 1. The highest BCUT2D eigenvalue weighted by Gasteiger charge is 2.46. The number of alkyl halides is 2. The van der Waals surface area contributed by atoms with Gasteiger partial charge in [0, 0.05) is 50.0 Å². The van der Waals surface area contributed by atoms with E-state index in [1.165, 1.54) is 10.9 Å². The van der Waals surface area contributed by atoms with Crippen molar-refractivity contribution in [2.24, 2.45) is 5.92 Å². The summed E-state index contributed by atoms with van der Waals surface area (Å²) in [5.74, 6) is -3.94. The number of piperidine rings is 1. The van der Waals surface area contributed by atoms with Crippen LogP contribution < -0.4 is 5.56 Å². The van der Waals surface area contributed by atoms with Crippen LogP contribution in [-0.2, 0) is 11.3 Å². The second-order valence-corrected chi connectivity index (χ2v) is 11.0. The summed E-state index contributed by atoms with van der Waals surface area (Å²) in [6.45, 7) is 4.76. The lowest BCUT2D eigenvalue weighted by Crippen LogP contribution is -2.52. The molecule has 2 unspecified atom stereocenters. The van der Waals surface area contributed by atoms with Gasteiger partial charge in [-0.2, -0.15) is 0 Å². The Morgan fingerprint density at radius 2 is 1.84 bits per heavy atom. The van der Waals surface area contributed by atoms with Crippen molar-refractivity contribution in [3.8, 4) is 0 Å². The van der Waals surface area contributed by atoms with E-state index in [-0.39, 0.29) is 43.3 Å². The first kappa shape index (κ1) is 25.6. The van der Waals surface area contributed by atoms with Crippen LogP contribution in [0, 0.1) is 5.92 Å². The van der Waals surface area contributed by atoms with Gasteiger partial charge in [0.2, 0.25) is 11.8 Å². The minimum atomic E-state index is -2.78. The Kier molecular flexibility index (Phi) is 6.68. The minimum Gasteiger partial charge on any atom is -0.388 e. The maximum Gasteiger partial charge on any atom is 0.262 e. The van der Waals surface area contributed by atoms with Crippen LogP contribution in [0.1, 0.15) is 63.5 Å². The van der Waals surface area contributed by atoms with Crippen molar-refractivity contribution in [2.45, 2.75) is 76.0 Å². The van der Waals surface area contributed by atoms with Gasteiger partial charge in [0.25, 0.3) is 5.56 Å². The lowest BCUT2D eigenvalue weighted by atomic mass is 9.73. The number of amides is 1. The van der Waals surface area contributed by atoms with Crippen LogP contribution in [0.4, 0.5) is 8.78 Å². The molecule has 2 aromatic heterocycles. The molecular formula is C28H34F2N4O3. The second kappa shape index (κ2) is 9.67. The van der Waals surface area contributed by atoms with E-state index in [2.05, 4.69) is 4.98 Å². The summed E-state index contributed by atoms with van der Waals surface area (Å²) < 4.78 is 32.0. The number of likely N-dealkylation sites (tertiary alicyclic amines) is 1. The van der Waals surface area contributed by atoms with Crippen molar-refractivity contribution in [1.29, 1.82) is 0 Å². The maximum atomic E-state index is 14.3. The lowest BCUT2D eigenvalue weighted by Gasteiger charge is -2.42. The third-order valence-corrected chi connectivity index (χ3v) is 8.10. The first-order valence-corrected chi connectivity index (χ1v) is 13.1. The largest absolute Gasteiger partial charge is 0.388 e. The van der Waals surface area contributed by atoms with E-state index in [4.69, 9.17) is 0 Å². The summed E-state index contributed by atoms with van der Waals surface area (Å²) in [6, 6.07) is 11.0. The fourth-order valence-electron chi connectivity index (χ4n) is 5.94. The van der Waals surface area contributed by atoms with E-state index in [1.54, 1.807) is 11.0 Å². The number of halogens is 2. The highest BCUT2D eigenvalue weighted by Crippen LogP contribution is 2.46. The molecule has 5 rings (SSSR count). The Bertz CT molecular complexity index is 1330. The van der Waals surface area contributed by atoms with Crippen LogP contribution in [0.25, 0.3) is 11.0 Å². The van der Waals surface area contributed by atoms with Gasteiger partial charge in [-0.25, -0.2) is 13.8 Å². The maximum absolute atomic E-state index is 14.3. The molecule has 1 aliphatic heterocycles. The van der Waals surface area contributed by atoms with Crippen LogP contribution in [0.5, 0.6) is 0 Å². The topological polar surface area (TPSA) is 80.4 Å². The van der Waals surface area contributed by atoms with Crippen LogP contribution in [0.2, 0.25) is 0 Å². The smallest absolute Gasteiger partial charge is 0.262 e. The molecule has 1 amide bonds. The summed E-state index contributed by atoms with van der Waals surface area (Å²) in [7, 11) is 0. The van der Waals surface area contributed by atoms with Gasteiger partial charge in [0.1, 0.15) is 12.0 Å². The number of carbonyl (C=O) groups excluding carboxylic acids is 1. The fraction of sp³-hybridized carbons (Fsp3) is 0.536. The molecule has 7 nitrogen and oxygen atoms in total. The molecule has 1 saturated carbocycles. The molecule has 1 aliphatic carbocycles. The van der Waals surface area contributed by atoms with Gasteiger partial charge in [-0.05, 0) is 44.7 Å². The zero-order valence-electron chi connectivity index (χ0n) is 21.3. The first-order valence-electron chi connectivity index (χ1n) is 13.1. The predicted molar refractivity (Wildman–Crippen MR) is 137 cm³/mol. The third kappa shape index (κ3) is 5.06. The lowest BCUT2D eigenvalue weighted by molar-refractivity contribution is -0.145. The number of fused-ring (bicyclic) bond motifs is 1. The van der Waals surface area contributed by atoms with Crippen LogP contribution in [-0.4, -0.2) is 54.6 Å². The van der Waals surface area contributed by atoms with E-state index in [0.717, 1.165) is 5.56 Å². The summed E-state index contributed by atoms with van der Waals surface area (Å²) in [5, 5.41) is 11.8. The summed E-state index contributed by atoms with van der Waals surface area (Å²) in [5.41, 5.74) is 0.0248. The average molecular weight is 513 g/mol. The SMILES string of the molecule is CC(C)n1ccc2c(=O)n(CC3(O)CCN(C(=O)C4CCC(F)(F)CC4c4ccccc4)CC3)cnc21. The molecule has 1 aromatic carbocycles. The quantitative estimate of drug-likeness (QED) is 0.551. The molecule has 0 bridgehead atoms. The average Bonchev–Trinajstić information content (AvgIpc) is 3.31. The van der Waals surface area contributed by atoms with Gasteiger partial charge < -0.3 is 14.6 Å². The number of rotatable bonds is 5. The van der Waals surface area contributed by atoms with Crippen molar-refractivity contribution in [2.75, 3.05) is 13.1 Å². The highest BCUT2D eigenvalue weighted by atomic mass is 19.3. The second-order valence-electron chi connectivity index (χ2n) is 11.0. The number of hydrogen-bond acceptors (Lipinski definition) is 4. The molecule has 1 saturated heterocycles. The predicted octanol–water partition coefficient (Wildman–Crippen LogP) is 4.35. The third-order valence-electron chi connectivity index (χ3n) is 8.10. The van der Waals surface area contributed by atoms with E-state index < -0.39 is 23.4 Å². The molecule has 0 spiro atoms. The number of carbonyl (C=O) groups is 1. The molecule has 37 heavy (non-hydrogen) atoms. The van der Waals surface area contributed by atoms with Crippen molar-refractivity contribution in [1.82, 2.24) is 19.0 Å². The molecule has 3 heterocycles. The zero-order chi connectivity index (χ0) is 26.4. The Hall–Kier alpha value is -3.07. The van der Waals surface area contributed by atoms with Gasteiger partial charge in [-0.3, -0.25) is 14.2 Å². The van der Waals surface area contributed by atoms with E-state index >= 15 is 0 Å². The highest BCUT2D eigenvalue weighted by molar-refractivity contribution is 5.80. The number of aliphatic hydroxyl groups is 1. The van der Waals surface area contributed by atoms with E-state index in [1.807, 2.05) is 54.9 Å². The number of nitrogens with zero attached hydrogens (tertiary/aromatic N) is 4. The molecule has 9 heteroatoms. The van der Waals surface area contributed by atoms with Crippen molar-refractivity contribution in [3.63, 3.8) is 0 Å². The number of aromatic nitrogens is 3. The van der Waals surface area contributed by atoms with Gasteiger partial charge in [-0.1, -0.05) is 30.3 Å². The molecule has 2 aliphatic rings. The number of benzene rings is 1. The van der Waals surface area contributed by atoms with Gasteiger partial charge in [0.15, 0.2) is 0 Å². The van der Waals surface area contributed by atoms with Crippen molar-refractivity contribution < 1.29 is 18.7 Å². The Morgan fingerprint density at radius 1 is 1.14 bits per heavy atom. The normalized spacial score (nSPS) is 23.5. The van der Waals surface area contributed by atoms with Gasteiger partial charge >= 0.3 is 0 Å². The van der Waals surface area contributed by atoms with Gasteiger partial charge in [-0.15, -0.1) is 0 Å². The van der Waals surface area contributed by atoms with Crippen molar-refractivity contribution in [3.05, 3.63) is 64.8 Å². The molecule has 1 N–H and O–H groups in total. The molecular weight excluding hydrogens is 478 g/mol.